The molecule has 5 rings (SSSR count). The highest BCUT2D eigenvalue weighted by Crippen LogP contribution is 2.30. The summed E-state index contributed by atoms with van der Waals surface area (Å²) in [6.07, 6.45) is 4.02. The predicted octanol–water partition coefficient (Wildman–Crippen LogP) is 4.02. The minimum atomic E-state index is -0.278. The molecule has 9 heteroatoms. The molecule has 2 fully saturated rings. The van der Waals surface area contributed by atoms with Crippen molar-refractivity contribution in [3.63, 3.8) is 0 Å². The van der Waals surface area contributed by atoms with Crippen molar-refractivity contribution in [3.8, 4) is 17.3 Å². The molecule has 38 heavy (non-hydrogen) atoms. The maximum Gasteiger partial charge on any atom is 0.252 e. The van der Waals surface area contributed by atoms with Crippen LogP contribution in [0.4, 0.5) is 17.3 Å². The summed E-state index contributed by atoms with van der Waals surface area (Å²) in [6.45, 7) is 5.12. The lowest BCUT2D eigenvalue weighted by atomic mass is 9.85. The van der Waals surface area contributed by atoms with Gasteiger partial charge < -0.3 is 25.0 Å². The molecule has 0 spiro atoms. The Hall–Kier alpha value is -4.00. The van der Waals surface area contributed by atoms with Crippen molar-refractivity contribution < 1.29 is 14.3 Å². The molecule has 2 aromatic carbocycles. The van der Waals surface area contributed by atoms with E-state index < -0.39 is 0 Å². The maximum atomic E-state index is 12.0. The predicted molar refractivity (Wildman–Crippen MR) is 145 cm³/mol. The number of amides is 1. The van der Waals surface area contributed by atoms with Crippen molar-refractivity contribution in [2.24, 2.45) is 11.8 Å². The monoisotopic (exact) mass is 512 g/mol. The zero-order chi connectivity index (χ0) is 26.2. The fourth-order valence-electron chi connectivity index (χ4n) is 5.02. The van der Waals surface area contributed by atoms with Crippen LogP contribution in [0.25, 0.3) is 11.3 Å². The Labute approximate surface area is 222 Å². The van der Waals surface area contributed by atoms with E-state index in [2.05, 4.69) is 49.8 Å². The summed E-state index contributed by atoms with van der Waals surface area (Å²) in [5.41, 5.74) is 4.24. The van der Waals surface area contributed by atoms with Crippen LogP contribution in [0.5, 0.6) is 0 Å². The van der Waals surface area contributed by atoms with Gasteiger partial charge in [-0.2, -0.15) is 5.26 Å². The van der Waals surface area contributed by atoms with Gasteiger partial charge in [0, 0.05) is 47.7 Å². The first-order chi connectivity index (χ1) is 18.7. The third-order valence-electron chi connectivity index (χ3n) is 7.16. The number of piperidine rings is 1. The molecule has 0 atom stereocenters. The van der Waals surface area contributed by atoms with Gasteiger partial charge >= 0.3 is 0 Å². The van der Waals surface area contributed by atoms with Crippen LogP contribution in [-0.4, -0.2) is 61.9 Å². The van der Waals surface area contributed by atoms with E-state index in [9.17, 15) is 4.79 Å². The van der Waals surface area contributed by atoms with Gasteiger partial charge in [0.15, 0.2) is 0 Å². The normalized spacial score (nSPS) is 16.9. The van der Waals surface area contributed by atoms with Crippen molar-refractivity contribution >= 4 is 23.2 Å². The molecule has 3 aromatic rings. The van der Waals surface area contributed by atoms with Gasteiger partial charge in [0.2, 0.25) is 5.95 Å². The maximum absolute atomic E-state index is 12.0. The van der Waals surface area contributed by atoms with E-state index in [-0.39, 0.29) is 12.5 Å². The van der Waals surface area contributed by atoms with Gasteiger partial charge in [0.05, 0.1) is 38.2 Å². The first kappa shape index (κ1) is 25.6. The van der Waals surface area contributed by atoms with Crippen LogP contribution in [0.3, 0.4) is 0 Å². The number of benzene rings is 2. The zero-order valence-corrected chi connectivity index (χ0v) is 21.3. The summed E-state index contributed by atoms with van der Waals surface area (Å²) < 4.78 is 11.4. The lowest BCUT2D eigenvalue weighted by Crippen LogP contribution is -2.38. The highest BCUT2D eigenvalue weighted by atomic mass is 16.5. The Morgan fingerprint density at radius 1 is 0.974 bits per heavy atom. The van der Waals surface area contributed by atoms with Gasteiger partial charge in [-0.1, -0.05) is 12.1 Å². The molecule has 9 nitrogen and oxygen atoms in total. The Balaban J connectivity index is 1.17. The first-order valence-corrected chi connectivity index (χ1v) is 13.1. The molecule has 0 radical (unpaired) electrons. The van der Waals surface area contributed by atoms with Crippen molar-refractivity contribution in [2.75, 3.05) is 56.3 Å². The molecule has 0 saturated carbocycles. The second-order valence-corrected chi connectivity index (χ2v) is 9.59. The molecular weight excluding hydrogens is 480 g/mol. The highest BCUT2D eigenvalue weighted by Gasteiger charge is 2.28. The van der Waals surface area contributed by atoms with E-state index in [0.29, 0.717) is 36.6 Å². The van der Waals surface area contributed by atoms with Gasteiger partial charge in [-0.3, -0.25) is 4.79 Å². The first-order valence-electron chi connectivity index (χ1n) is 13.1. The van der Waals surface area contributed by atoms with Crippen LogP contribution in [-0.2, 0) is 9.47 Å². The summed E-state index contributed by atoms with van der Waals surface area (Å²) >= 11 is 0. The molecule has 1 amide bonds. The largest absolute Gasteiger partial charge is 0.379 e. The van der Waals surface area contributed by atoms with Crippen molar-refractivity contribution in [1.29, 1.82) is 5.26 Å². The van der Waals surface area contributed by atoms with Crippen LogP contribution >= 0.6 is 0 Å². The average molecular weight is 513 g/mol. The van der Waals surface area contributed by atoms with E-state index in [1.54, 1.807) is 18.3 Å². The molecule has 2 saturated heterocycles. The number of carbonyl (C=O) groups is 1. The fraction of sp³-hybridized carbons (Fsp3) is 0.379. The minimum Gasteiger partial charge on any atom is -0.379 e. The summed E-state index contributed by atoms with van der Waals surface area (Å²) in [4.78, 5) is 23.5. The second kappa shape index (κ2) is 12.5. The lowest BCUT2D eigenvalue weighted by Gasteiger charge is -2.36. The molecule has 3 heterocycles. The number of aromatic nitrogens is 2. The SMILES string of the molecule is N#CCNC(=O)c1ccc(-c2ccnc(Nc3ccc(N4CCC(C5COCCOC5)CC4)cc3)n2)cc1. The van der Waals surface area contributed by atoms with Gasteiger partial charge in [-0.05, 0) is 61.2 Å². The van der Waals surface area contributed by atoms with E-state index >= 15 is 0 Å². The van der Waals surface area contributed by atoms with Crippen LogP contribution in [0, 0.1) is 23.2 Å². The van der Waals surface area contributed by atoms with Crippen LogP contribution in [0.15, 0.2) is 60.8 Å². The number of nitrogens with one attached hydrogen (secondary N) is 2. The standard InChI is InChI=1S/C29H32N6O3/c30-12-14-31-28(36)23-3-1-22(2-4-23)27-9-13-32-29(34-27)33-25-5-7-26(8-6-25)35-15-10-21(11-16-35)24-19-37-17-18-38-20-24/h1-9,13,21,24H,10-11,14-20H2,(H,31,36)(H,32,33,34). The molecule has 0 aliphatic carbocycles. The number of hydrogen-bond acceptors (Lipinski definition) is 8. The fourth-order valence-corrected chi connectivity index (χ4v) is 5.02. The Morgan fingerprint density at radius 2 is 1.68 bits per heavy atom. The van der Waals surface area contributed by atoms with Crippen LogP contribution in [0.1, 0.15) is 23.2 Å². The molecule has 2 aliphatic heterocycles. The number of rotatable bonds is 7. The molecule has 0 unspecified atom stereocenters. The quantitative estimate of drug-likeness (QED) is 0.457. The number of carbonyl (C=O) groups excluding carboxylic acids is 1. The van der Waals surface area contributed by atoms with Crippen molar-refractivity contribution in [3.05, 3.63) is 66.4 Å². The van der Waals surface area contributed by atoms with Crippen molar-refractivity contribution in [2.45, 2.75) is 12.8 Å². The van der Waals surface area contributed by atoms with E-state index in [1.807, 2.05) is 24.3 Å². The van der Waals surface area contributed by atoms with E-state index in [0.717, 1.165) is 56.1 Å². The summed E-state index contributed by atoms with van der Waals surface area (Å²) in [6, 6.07) is 19.2. The van der Waals surface area contributed by atoms with Gasteiger partial charge in [-0.25, -0.2) is 9.97 Å². The van der Waals surface area contributed by atoms with Crippen LogP contribution < -0.4 is 15.5 Å². The Kier molecular flexibility index (Phi) is 8.43. The average Bonchev–Trinajstić information content (AvgIpc) is 3.27. The van der Waals surface area contributed by atoms with Gasteiger partial charge in [0.25, 0.3) is 5.91 Å². The summed E-state index contributed by atoms with van der Waals surface area (Å²) in [5.74, 6) is 1.39. The Morgan fingerprint density at radius 3 is 2.37 bits per heavy atom. The molecular formula is C29H32N6O3. The Bertz CT molecular complexity index is 1240. The number of anilines is 3. The molecule has 1 aromatic heterocycles. The third-order valence-corrected chi connectivity index (χ3v) is 7.16. The molecule has 196 valence electrons. The molecule has 2 aliphatic rings. The van der Waals surface area contributed by atoms with Gasteiger partial charge in [0.1, 0.15) is 6.54 Å². The summed E-state index contributed by atoms with van der Waals surface area (Å²) in [5, 5.41) is 14.5. The lowest BCUT2D eigenvalue weighted by molar-refractivity contribution is 0.0898. The van der Waals surface area contributed by atoms with Gasteiger partial charge in [-0.15, -0.1) is 0 Å². The molecule has 2 N–H and O–H groups in total. The number of nitriles is 1. The smallest absolute Gasteiger partial charge is 0.252 e. The highest BCUT2D eigenvalue weighted by molar-refractivity contribution is 5.94. The second-order valence-electron chi connectivity index (χ2n) is 9.59. The van der Waals surface area contributed by atoms with E-state index in [1.165, 1.54) is 5.69 Å². The van der Waals surface area contributed by atoms with E-state index in [4.69, 9.17) is 14.7 Å². The minimum absolute atomic E-state index is 0.0207. The zero-order valence-electron chi connectivity index (χ0n) is 21.3. The van der Waals surface area contributed by atoms with Crippen molar-refractivity contribution in [1.82, 2.24) is 15.3 Å². The third kappa shape index (κ3) is 6.46. The number of ether oxygens (including phenoxy) is 2. The number of nitrogens with zero attached hydrogens (tertiary/aromatic N) is 4. The summed E-state index contributed by atoms with van der Waals surface area (Å²) in [7, 11) is 0. The number of hydrogen-bond donors (Lipinski definition) is 2. The topological polar surface area (TPSA) is 112 Å². The van der Waals surface area contributed by atoms with Crippen LogP contribution in [0.2, 0.25) is 0 Å². The molecule has 0 bridgehead atoms.